The molecule has 0 aliphatic rings. The molecule has 0 saturated heterocycles. The van der Waals surface area contributed by atoms with Gasteiger partial charge in [0.05, 0.1) is 17.6 Å². The van der Waals surface area contributed by atoms with Crippen LogP contribution in [0.25, 0.3) is 0 Å². The fourth-order valence-electron chi connectivity index (χ4n) is 3.11. The molecule has 1 amide bonds. The average Bonchev–Trinajstić information content (AvgIpc) is 2.95. The normalized spacial score (nSPS) is 11.9. The SMILES string of the molecule is COC(=O)C(CC#CCOc1ccccc1)NS(=O)(=O)c1ccc(NC(=O)c2ccc(OCC(F)(F)F)nc2)cc1. The summed E-state index contributed by atoms with van der Waals surface area (Å²) in [5, 5.41) is 2.51. The highest BCUT2D eigenvalue weighted by molar-refractivity contribution is 7.89. The summed E-state index contributed by atoms with van der Waals surface area (Å²) in [6.07, 6.45) is -3.67. The van der Waals surface area contributed by atoms with Gasteiger partial charge in [0.1, 0.15) is 18.4 Å². The molecule has 1 unspecified atom stereocenters. The quantitative estimate of drug-likeness (QED) is 0.256. The fraction of sp³-hybridized carbons (Fsp3) is 0.222. The molecule has 0 spiro atoms. The van der Waals surface area contributed by atoms with Gasteiger partial charge in [0, 0.05) is 24.4 Å². The highest BCUT2D eigenvalue weighted by Crippen LogP contribution is 2.19. The number of carbonyl (C=O) groups excluding carboxylic acids is 2. The fourth-order valence-corrected chi connectivity index (χ4v) is 4.29. The summed E-state index contributed by atoms with van der Waals surface area (Å²) >= 11 is 0. The number of para-hydroxylation sites is 1. The number of halogens is 3. The standard InChI is InChI=1S/C27H24F3N3O7S/c1-38-26(35)23(9-5-6-16-39-21-7-3-2-4-8-21)33-41(36,37)22-13-11-20(12-14-22)32-25(34)19-10-15-24(31-17-19)40-18-27(28,29)30/h2-4,7-8,10-15,17,23,33H,9,16,18H2,1H3,(H,32,34). The second-order valence-corrected chi connectivity index (χ2v) is 9.84. The minimum absolute atomic E-state index is 0.0268. The van der Waals surface area contributed by atoms with Gasteiger partial charge >= 0.3 is 12.1 Å². The second kappa shape index (κ2) is 14.1. The zero-order chi connectivity index (χ0) is 29.9. The molecule has 0 aliphatic carbocycles. The number of carbonyl (C=O) groups is 2. The number of nitrogens with zero attached hydrogens (tertiary/aromatic N) is 1. The van der Waals surface area contributed by atoms with Gasteiger partial charge in [0.15, 0.2) is 6.61 Å². The van der Waals surface area contributed by atoms with Crippen LogP contribution in [0.1, 0.15) is 16.8 Å². The van der Waals surface area contributed by atoms with Gasteiger partial charge in [-0.15, -0.1) is 0 Å². The van der Waals surface area contributed by atoms with Crippen molar-refractivity contribution in [2.45, 2.75) is 23.5 Å². The van der Waals surface area contributed by atoms with Crippen LogP contribution in [0.5, 0.6) is 11.6 Å². The maximum absolute atomic E-state index is 12.9. The number of methoxy groups -OCH3 is 1. The summed E-state index contributed by atoms with van der Waals surface area (Å²) in [4.78, 5) is 28.1. The lowest BCUT2D eigenvalue weighted by Crippen LogP contribution is -2.41. The molecule has 0 aliphatic heterocycles. The number of esters is 1. The van der Waals surface area contributed by atoms with Crippen LogP contribution in [0.3, 0.4) is 0 Å². The van der Waals surface area contributed by atoms with E-state index in [0.717, 1.165) is 19.4 Å². The van der Waals surface area contributed by atoms with Crippen LogP contribution in [0.15, 0.2) is 77.8 Å². The maximum Gasteiger partial charge on any atom is 0.422 e. The molecule has 1 heterocycles. The van der Waals surface area contributed by atoms with Crippen molar-refractivity contribution in [1.29, 1.82) is 0 Å². The lowest BCUT2D eigenvalue weighted by Gasteiger charge is -2.15. The largest absolute Gasteiger partial charge is 0.481 e. The van der Waals surface area contributed by atoms with Crippen LogP contribution >= 0.6 is 0 Å². The Morgan fingerprint density at radius 2 is 1.68 bits per heavy atom. The van der Waals surface area contributed by atoms with E-state index in [1.165, 1.54) is 30.3 Å². The third kappa shape index (κ3) is 10.1. The molecule has 1 aromatic heterocycles. The number of pyridine rings is 1. The molecule has 2 aromatic carbocycles. The number of sulfonamides is 1. The first-order valence-corrected chi connectivity index (χ1v) is 13.3. The molecule has 0 radical (unpaired) electrons. The number of benzene rings is 2. The van der Waals surface area contributed by atoms with Gasteiger partial charge in [-0.2, -0.15) is 17.9 Å². The van der Waals surface area contributed by atoms with Crippen molar-refractivity contribution >= 4 is 27.6 Å². The molecule has 0 saturated carbocycles. The van der Waals surface area contributed by atoms with Crippen molar-refractivity contribution in [1.82, 2.24) is 9.71 Å². The Bertz CT molecular complexity index is 1490. The van der Waals surface area contributed by atoms with E-state index in [9.17, 15) is 31.2 Å². The smallest absolute Gasteiger partial charge is 0.422 e. The van der Waals surface area contributed by atoms with Crippen molar-refractivity contribution in [3.8, 4) is 23.5 Å². The molecule has 3 aromatic rings. The summed E-state index contributed by atoms with van der Waals surface area (Å²) in [5.74, 6) is 4.23. The number of ether oxygens (including phenoxy) is 3. The molecule has 216 valence electrons. The Balaban J connectivity index is 1.58. The van der Waals surface area contributed by atoms with E-state index >= 15 is 0 Å². The second-order valence-electron chi connectivity index (χ2n) is 8.12. The number of hydrogen-bond acceptors (Lipinski definition) is 8. The highest BCUT2D eigenvalue weighted by atomic mass is 32.2. The molecule has 0 bridgehead atoms. The molecule has 41 heavy (non-hydrogen) atoms. The van der Waals surface area contributed by atoms with E-state index < -0.39 is 40.7 Å². The van der Waals surface area contributed by atoms with Gasteiger partial charge in [0.25, 0.3) is 5.91 Å². The topological polar surface area (TPSA) is 133 Å². The predicted molar refractivity (Wildman–Crippen MR) is 141 cm³/mol. The van der Waals surface area contributed by atoms with Crippen LogP contribution in [0.2, 0.25) is 0 Å². The number of amides is 1. The van der Waals surface area contributed by atoms with Crippen LogP contribution in [-0.2, 0) is 19.6 Å². The summed E-state index contributed by atoms with van der Waals surface area (Å²) in [6, 6.07) is 15.0. The van der Waals surface area contributed by atoms with Crippen molar-refractivity contribution in [2.75, 3.05) is 25.6 Å². The molecule has 0 fully saturated rings. The highest BCUT2D eigenvalue weighted by Gasteiger charge is 2.29. The zero-order valence-corrected chi connectivity index (χ0v) is 22.3. The minimum Gasteiger partial charge on any atom is -0.481 e. The number of nitrogens with one attached hydrogen (secondary N) is 2. The summed E-state index contributed by atoms with van der Waals surface area (Å²) in [6.45, 7) is -1.49. The van der Waals surface area contributed by atoms with E-state index in [0.29, 0.717) is 5.75 Å². The predicted octanol–water partition coefficient (Wildman–Crippen LogP) is 3.57. The minimum atomic E-state index is -4.53. The lowest BCUT2D eigenvalue weighted by atomic mass is 10.2. The molecule has 1 atom stereocenters. The summed E-state index contributed by atoms with van der Waals surface area (Å²) in [5.41, 5.74) is 0.249. The Morgan fingerprint density at radius 3 is 2.29 bits per heavy atom. The van der Waals surface area contributed by atoms with Crippen LogP contribution in [-0.4, -0.2) is 57.8 Å². The molecule has 14 heteroatoms. The van der Waals surface area contributed by atoms with E-state index in [1.54, 1.807) is 24.3 Å². The van der Waals surface area contributed by atoms with Crippen LogP contribution < -0.4 is 19.5 Å². The van der Waals surface area contributed by atoms with Crippen molar-refractivity contribution in [3.05, 3.63) is 78.5 Å². The average molecular weight is 592 g/mol. The summed E-state index contributed by atoms with van der Waals surface area (Å²) < 4.78 is 79.3. The number of hydrogen-bond donors (Lipinski definition) is 2. The van der Waals surface area contributed by atoms with Crippen molar-refractivity contribution in [2.24, 2.45) is 0 Å². The zero-order valence-electron chi connectivity index (χ0n) is 21.5. The van der Waals surface area contributed by atoms with Gasteiger partial charge in [-0.3, -0.25) is 9.59 Å². The molecular weight excluding hydrogens is 567 g/mol. The number of rotatable bonds is 11. The van der Waals surface area contributed by atoms with Gasteiger partial charge in [0.2, 0.25) is 15.9 Å². The summed E-state index contributed by atoms with van der Waals surface area (Å²) in [7, 11) is -3.07. The van der Waals surface area contributed by atoms with E-state index in [4.69, 9.17) is 4.74 Å². The Labute approximate surface area is 233 Å². The van der Waals surface area contributed by atoms with Gasteiger partial charge < -0.3 is 19.5 Å². The van der Waals surface area contributed by atoms with Crippen LogP contribution in [0.4, 0.5) is 18.9 Å². The first kappa shape index (κ1) is 30.9. The van der Waals surface area contributed by atoms with E-state index in [2.05, 4.69) is 36.3 Å². The molecule has 2 N–H and O–H groups in total. The van der Waals surface area contributed by atoms with E-state index in [1.807, 2.05) is 6.07 Å². The number of aromatic nitrogens is 1. The Morgan fingerprint density at radius 1 is 0.976 bits per heavy atom. The van der Waals surface area contributed by atoms with Gasteiger partial charge in [-0.05, 0) is 42.5 Å². The first-order valence-electron chi connectivity index (χ1n) is 11.8. The van der Waals surface area contributed by atoms with Crippen molar-refractivity contribution < 1.29 is 45.4 Å². The molecular formula is C27H24F3N3O7S. The molecule has 10 nitrogen and oxygen atoms in total. The lowest BCUT2D eigenvalue weighted by molar-refractivity contribution is -0.154. The number of alkyl halides is 3. The van der Waals surface area contributed by atoms with E-state index in [-0.39, 0.29) is 35.1 Å². The van der Waals surface area contributed by atoms with Gasteiger partial charge in [-0.25, -0.2) is 13.4 Å². The monoisotopic (exact) mass is 591 g/mol. The Kier molecular flexibility index (Phi) is 10.7. The Hall–Kier alpha value is -4.61. The third-order valence-corrected chi connectivity index (χ3v) is 6.56. The number of anilines is 1. The third-order valence-electron chi connectivity index (χ3n) is 5.07. The van der Waals surface area contributed by atoms with Gasteiger partial charge in [-0.1, -0.05) is 30.0 Å². The first-order chi connectivity index (χ1) is 19.5. The van der Waals surface area contributed by atoms with Crippen LogP contribution in [0, 0.1) is 11.8 Å². The van der Waals surface area contributed by atoms with Crippen molar-refractivity contribution in [3.63, 3.8) is 0 Å². The molecule has 3 rings (SSSR count). The maximum atomic E-state index is 12.9.